The van der Waals surface area contributed by atoms with Gasteiger partial charge in [-0.3, -0.25) is 14.2 Å². The van der Waals surface area contributed by atoms with Crippen LogP contribution in [0.3, 0.4) is 0 Å². The fourth-order valence-electron chi connectivity index (χ4n) is 3.20. The Labute approximate surface area is 155 Å². The van der Waals surface area contributed by atoms with Gasteiger partial charge in [0.1, 0.15) is 5.65 Å². The Kier molecular flexibility index (Phi) is 5.09. The van der Waals surface area contributed by atoms with Crippen molar-refractivity contribution in [2.24, 2.45) is 0 Å². The maximum Gasteiger partial charge on any atom is 0.303 e. The van der Waals surface area contributed by atoms with Crippen molar-refractivity contribution in [3.63, 3.8) is 0 Å². The van der Waals surface area contributed by atoms with Gasteiger partial charge in [-0.05, 0) is 50.1 Å². The van der Waals surface area contributed by atoms with Crippen LogP contribution in [-0.2, 0) is 17.8 Å². The number of hydrogen-bond donors (Lipinski definition) is 1. The second-order valence-electron chi connectivity index (χ2n) is 6.13. The van der Waals surface area contributed by atoms with E-state index < -0.39 is 5.97 Å². The smallest absolute Gasteiger partial charge is 0.303 e. The van der Waals surface area contributed by atoms with E-state index in [0.717, 1.165) is 16.6 Å². The average molecular weight is 371 g/mol. The molecule has 3 rings (SSSR count). The number of aromatic nitrogens is 2. The largest absolute Gasteiger partial charge is 0.481 e. The first kappa shape index (κ1) is 18.1. The van der Waals surface area contributed by atoms with E-state index in [2.05, 4.69) is 4.98 Å². The maximum absolute atomic E-state index is 13.1. The topological polar surface area (TPSA) is 72.2 Å². The summed E-state index contributed by atoms with van der Waals surface area (Å²) >= 11 is 6.16. The summed E-state index contributed by atoms with van der Waals surface area (Å²) in [7, 11) is 0. The van der Waals surface area contributed by atoms with Gasteiger partial charge in [0.05, 0.1) is 0 Å². The zero-order valence-corrected chi connectivity index (χ0v) is 15.4. The van der Waals surface area contributed by atoms with Crippen molar-refractivity contribution >= 4 is 28.6 Å². The summed E-state index contributed by atoms with van der Waals surface area (Å²) in [6.45, 7) is 4.22. The minimum Gasteiger partial charge on any atom is -0.481 e. The molecule has 0 atom stereocenters. The molecule has 0 unspecified atom stereocenters. The molecule has 0 saturated carbocycles. The molecule has 26 heavy (non-hydrogen) atoms. The predicted octanol–water partition coefficient (Wildman–Crippen LogP) is 4.06. The number of fused-ring (bicyclic) bond motifs is 1. The van der Waals surface area contributed by atoms with E-state index in [4.69, 9.17) is 16.7 Å². The summed E-state index contributed by atoms with van der Waals surface area (Å²) in [5, 5.41) is 10.5. The number of benzene rings is 1. The van der Waals surface area contributed by atoms with E-state index in [1.807, 2.05) is 38.1 Å². The molecule has 1 aromatic carbocycles. The van der Waals surface area contributed by atoms with Gasteiger partial charge in [-0.2, -0.15) is 0 Å². The lowest BCUT2D eigenvalue weighted by molar-refractivity contribution is -0.136. The fourth-order valence-corrected chi connectivity index (χ4v) is 3.39. The Bertz CT molecular complexity index is 1060. The first-order valence-corrected chi connectivity index (χ1v) is 8.81. The molecule has 2 aromatic heterocycles. The SMILES string of the molecule is CCn1c(=O)c(CCC(=O)O)c(-c2cccc(Cl)c2)c2ccc(C)nc21. The van der Waals surface area contributed by atoms with E-state index >= 15 is 0 Å². The Hall–Kier alpha value is -2.66. The summed E-state index contributed by atoms with van der Waals surface area (Å²) in [6.07, 6.45) is 0.0388. The highest BCUT2D eigenvalue weighted by molar-refractivity contribution is 6.30. The van der Waals surface area contributed by atoms with Crippen LogP contribution < -0.4 is 5.56 Å². The zero-order valence-electron chi connectivity index (χ0n) is 14.6. The van der Waals surface area contributed by atoms with Gasteiger partial charge in [-0.25, -0.2) is 4.98 Å². The molecule has 0 spiro atoms. The molecule has 0 fully saturated rings. The number of hydrogen-bond acceptors (Lipinski definition) is 3. The third kappa shape index (κ3) is 3.35. The Morgan fingerprint density at radius 2 is 2.04 bits per heavy atom. The van der Waals surface area contributed by atoms with Gasteiger partial charge >= 0.3 is 5.97 Å². The minimum absolute atomic E-state index is 0.114. The average Bonchev–Trinajstić information content (AvgIpc) is 2.59. The van der Waals surface area contributed by atoms with Crippen molar-refractivity contribution in [1.82, 2.24) is 9.55 Å². The quantitative estimate of drug-likeness (QED) is 0.735. The van der Waals surface area contributed by atoms with Gasteiger partial charge in [0.2, 0.25) is 0 Å². The van der Waals surface area contributed by atoms with Crippen LogP contribution in [0.5, 0.6) is 0 Å². The standard InChI is InChI=1S/C20H19ClN2O3/c1-3-23-19-15(8-7-12(2)22-19)18(13-5-4-6-14(21)11-13)16(20(23)26)9-10-17(24)25/h4-8,11H,3,9-10H2,1-2H3,(H,24,25). The summed E-state index contributed by atoms with van der Waals surface area (Å²) < 4.78 is 1.60. The molecular weight excluding hydrogens is 352 g/mol. The molecule has 3 aromatic rings. The highest BCUT2D eigenvalue weighted by Crippen LogP contribution is 2.32. The van der Waals surface area contributed by atoms with Crippen LogP contribution >= 0.6 is 11.6 Å². The Morgan fingerprint density at radius 3 is 2.69 bits per heavy atom. The molecule has 1 N–H and O–H groups in total. The van der Waals surface area contributed by atoms with Gasteiger partial charge in [0, 0.05) is 40.2 Å². The molecule has 6 heteroatoms. The number of pyridine rings is 2. The molecule has 134 valence electrons. The van der Waals surface area contributed by atoms with Gasteiger partial charge < -0.3 is 5.11 Å². The van der Waals surface area contributed by atoms with Crippen LogP contribution in [0.4, 0.5) is 0 Å². The Morgan fingerprint density at radius 1 is 1.27 bits per heavy atom. The normalized spacial score (nSPS) is 11.0. The molecule has 0 amide bonds. The van der Waals surface area contributed by atoms with Crippen LogP contribution in [0.25, 0.3) is 22.2 Å². The highest BCUT2D eigenvalue weighted by atomic mass is 35.5. The summed E-state index contributed by atoms with van der Waals surface area (Å²) in [6, 6.07) is 11.1. The van der Waals surface area contributed by atoms with E-state index in [1.54, 1.807) is 16.7 Å². The molecule has 0 radical (unpaired) electrons. The van der Waals surface area contributed by atoms with Crippen molar-refractivity contribution in [3.05, 3.63) is 63.0 Å². The van der Waals surface area contributed by atoms with Gasteiger partial charge in [-0.1, -0.05) is 23.7 Å². The van der Waals surface area contributed by atoms with Crippen LogP contribution in [0.2, 0.25) is 5.02 Å². The number of rotatable bonds is 5. The molecular formula is C20H19ClN2O3. The van der Waals surface area contributed by atoms with Crippen molar-refractivity contribution in [3.8, 4) is 11.1 Å². The lowest BCUT2D eigenvalue weighted by Crippen LogP contribution is -2.26. The lowest BCUT2D eigenvalue weighted by Gasteiger charge is -2.17. The summed E-state index contributed by atoms with van der Waals surface area (Å²) in [5.74, 6) is -0.938. The zero-order chi connectivity index (χ0) is 18.8. The van der Waals surface area contributed by atoms with Gasteiger partial charge in [0.15, 0.2) is 0 Å². The lowest BCUT2D eigenvalue weighted by atomic mass is 9.94. The highest BCUT2D eigenvalue weighted by Gasteiger charge is 2.19. The van der Waals surface area contributed by atoms with Crippen LogP contribution in [-0.4, -0.2) is 20.6 Å². The van der Waals surface area contributed by atoms with E-state index in [0.29, 0.717) is 28.3 Å². The van der Waals surface area contributed by atoms with Crippen molar-refractivity contribution in [2.45, 2.75) is 33.2 Å². The second-order valence-corrected chi connectivity index (χ2v) is 6.57. The fraction of sp³-hybridized carbons (Fsp3) is 0.250. The molecule has 5 nitrogen and oxygen atoms in total. The van der Waals surface area contributed by atoms with Gasteiger partial charge in [0.25, 0.3) is 5.56 Å². The number of aliphatic carboxylic acids is 1. The molecule has 0 bridgehead atoms. The second kappa shape index (κ2) is 7.30. The number of halogens is 1. The van der Waals surface area contributed by atoms with E-state index in [-0.39, 0.29) is 18.4 Å². The first-order valence-electron chi connectivity index (χ1n) is 8.43. The number of carboxylic acid groups (broad SMARTS) is 1. The molecule has 0 aliphatic rings. The number of nitrogens with zero attached hydrogens (tertiary/aromatic N) is 2. The molecule has 2 heterocycles. The van der Waals surface area contributed by atoms with Crippen LogP contribution in [0, 0.1) is 6.92 Å². The molecule has 0 saturated heterocycles. The maximum atomic E-state index is 13.1. The summed E-state index contributed by atoms with van der Waals surface area (Å²) in [5.41, 5.74) is 3.20. The third-order valence-electron chi connectivity index (χ3n) is 4.36. The summed E-state index contributed by atoms with van der Waals surface area (Å²) in [4.78, 5) is 28.8. The monoisotopic (exact) mass is 370 g/mol. The minimum atomic E-state index is -0.938. The first-order chi connectivity index (χ1) is 12.4. The van der Waals surface area contributed by atoms with E-state index in [1.165, 1.54) is 0 Å². The van der Waals surface area contributed by atoms with E-state index in [9.17, 15) is 9.59 Å². The molecule has 0 aliphatic carbocycles. The van der Waals surface area contributed by atoms with Gasteiger partial charge in [-0.15, -0.1) is 0 Å². The van der Waals surface area contributed by atoms with Crippen molar-refractivity contribution < 1.29 is 9.90 Å². The van der Waals surface area contributed by atoms with Crippen molar-refractivity contribution in [2.75, 3.05) is 0 Å². The third-order valence-corrected chi connectivity index (χ3v) is 4.60. The van der Waals surface area contributed by atoms with Crippen molar-refractivity contribution in [1.29, 1.82) is 0 Å². The predicted molar refractivity (Wildman–Crippen MR) is 103 cm³/mol. The Balaban J connectivity index is 2.43. The van der Waals surface area contributed by atoms with Crippen LogP contribution in [0.1, 0.15) is 24.6 Å². The van der Waals surface area contributed by atoms with Crippen LogP contribution in [0.15, 0.2) is 41.2 Å². The number of carboxylic acids is 1. The number of aryl methyl sites for hydroxylation is 2. The molecule has 0 aliphatic heterocycles. The number of carbonyl (C=O) groups is 1.